The molecule has 0 fully saturated rings. The zero-order valence-electron chi connectivity index (χ0n) is 7.30. The van der Waals surface area contributed by atoms with E-state index < -0.39 is 7.26 Å². The molecular weight excluding hydrogens is 187 g/mol. The maximum atomic E-state index is 9.16. The summed E-state index contributed by atoms with van der Waals surface area (Å²) in [5, 5.41) is 28.3. The van der Waals surface area contributed by atoms with Crippen LogP contribution in [0.2, 0.25) is 0 Å². The van der Waals surface area contributed by atoms with Crippen molar-refractivity contribution in [3.05, 3.63) is 30.3 Å². The largest absolute Gasteiger partial charge is 0.361 e. The molecule has 0 aromatic heterocycles. The van der Waals surface area contributed by atoms with E-state index in [9.17, 15) is 0 Å². The first-order chi connectivity index (χ1) is 6.29. The van der Waals surface area contributed by atoms with Crippen LogP contribution in [0.4, 0.5) is 0 Å². The Morgan fingerprint density at radius 1 is 0.846 bits per heavy atom. The van der Waals surface area contributed by atoms with Crippen molar-refractivity contribution >= 4 is 12.6 Å². The van der Waals surface area contributed by atoms with Crippen LogP contribution < -0.4 is 5.30 Å². The highest BCUT2D eigenvalue weighted by atomic mass is 31.2. The Morgan fingerprint density at radius 3 is 1.69 bits per heavy atom. The van der Waals surface area contributed by atoms with Crippen LogP contribution in [0.15, 0.2) is 30.3 Å². The van der Waals surface area contributed by atoms with Gasteiger partial charge < -0.3 is 15.3 Å². The number of rotatable bonds is 4. The highest BCUT2D eigenvalue weighted by molar-refractivity contribution is 7.82. The summed E-state index contributed by atoms with van der Waals surface area (Å²) in [4.78, 5) is 0. The summed E-state index contributed by atoms with van der Waals surface area (Å²) in [5.74, 6) is 0. The summed E-state index contributed by atoms with van der Waals surface area (Å²) < 4.78 is 0. The molecule has 0 aliphatic carbocycles. The topological polar surface area (TPSA) is 60.7 Å². The maximum absolute atomic E-state index is 9.16. The molecule has 0 atom stereocenters. The molecule has 0 saturated carbocycles. The minimum Gasteiger partial charge on any atom is -0.361 e. The molecule has 1 aromatic carbocycles. The summed E-state index contributed by atoms with van der Waals surface area (Å²) >= 11 is 0. The van der Waals surface area contributed by atoms with Crippen molar-refractivity contribution in [3.8, 4) is 0 Å². The Morgan fingerprint density at radius 2 is 1.31 bits per heavy atom. The van der Waals surface area contributed by atoms with Crippen LogP contribution in [0.3, 0.4) is 0 Å². The summed E-state index contributed by atoms with van der Waals surface area (Å²) in [7, 11) is -2.12. The lowest BCUT2D eigenvalue weighted by atomic mass is 10.4. The number of aliphatic hydroxyl groups excluding tert-OH is 3. The molecule has 0 radical (unpaired) electrons. The molecule has 1 aromatic rings. The van der Waals surface area contributed by atoms with Gasteiger partial charge in [0.2, 0.25) is 0 Å². The van der Waals surface area contributed by atoms with Gasteiger partial charge in [0.25, 0.3) is 0 Å². The first kappa shape index (κ1) is 10.6. The molecule has 0 heterocycles. The highest BCUT2D eigenvalue weighted by Crippen LogP contribution is 2.54. The summed E-state index contributed by atoms with van der Waals surface area (Å²) in [6, 6.07) is 9.20. The second-order valence-corrected chi connectivity index (χ2v) is 6.56. The van der Waals surface area contributed by atoms with E-state index in [2.05, 4.69) is 0 Å². The highest BCUT2D eigenvalue weighted by Gasteiger charge is 2.38. The molecule has 0 unspecified atom stereocenters. The van der Waals surface area contributed by atoms with Crippen molar-refractivity contribution in [2.24, 2.45) is 0 Å². The lowest BCUT2D eigenvalue weighted by Gasteiger charge is -2.19. The third-order valence-corrected chi connectivity index (χ3v) is 5.13. The molecule has 0 aliphatic rings. The number of benzene rings is 1. The van der Waals surface area contributed by atoms with E-state index in [4.69, 9.17) is 15.3 Å². The van der Waals surface area contributed by atoms with E-state index in [1.165, 1.54) is 0 Å². The third kappa shape index (κ3) is 2.06. The van der Waals surface area contributed by atoms with Gasteiger partial charge >= 0.3 is 0 Å². The molecule has 0 saturated heterocycles. The van der Waals surface area contributed by atoms with Crippen LogP contribution in [0.5, 0.6) is 0 Å². The Kier molecular flexibility index (Phi) is 3.82. The van der Waals surface area contributed by atoms with Crippen LogP contribution >= 0.6 is 7.26 Å². The maximum Gasteiger partial charge on any atom is 0.163 e. The number of aliphatic hydroxyl groups is 3. The summed E-state index contributed by atoms with van der Waals surface area (Å²) in [6.07, 6.45) is -0.446. The first-order valence-corrected chi connectivity index (χ1v) is 6.38. The molecule has 0 amide bonds. The minimum atomic E-state index is -2.12. The van der Waals surface area contributed by atoms with E-state index in [-0.39, 0.29) is 19.0 Å². The monoisotopic (exact) mass is 201 g/mol. The molecule has 72 valence electrons. The van der Waals surface area contributed by atoms with Gasteiger partial charge in [0.15, 0.2) is 19.0 Å². The zero-order valence-corrected chi connectivity index (χ0v) is 8.19. The van der Waals surface area contributed by atoms with Crippen molar-refractivity contribution in [1.82, 2.24) is 0 Å². The molecule has 0 aliphatic heterocycles. The number of hydrogen-bond donors (Lipinski definition) is 3. The van der Waals surface area contributed by atoms with E-state index in [0.29, 0.717) is 0 Å². The minimum absolute atomic E-state index is 0.149. The predicted octanol–water partition coefficient (Wildman–Crippen LogP) is 0.179. The van der Waals surface area contributed by atoms with E-state index in [0.717, 1.165) is 5.30 Å². The Bertz CT molecular complexity index is 238. The van der Waals surface area contributed by atoms with Gasteiger partial charge in [-0.25, -0.2) is 0 Å². The quantitative estimate of drug-likeness (QED) is 0.609. The van der Waals surface area contributed by atoms with Gasteiger partial charge in [0.1, 0.15) is 12.6 Å². The fourth-order valence-corrected chi connectivity index (χ4v) is 2.69. The van der Waals surface area contributed by atoms with Gasteiger partial charge in [-0.15, -0.1) is 0 Å². The normalized spacial score (nSPS) is 11.6. The molecule has 1 rings (SSSR count). The summed E-state index contributed by atoms with van der Waals surface area (Å²) in [5.41, 5.74) is 0. The zero-order chi connectivity index (χ0) is 9.73. The molecule has 0 bridgehead atoms. The average Bonchev–Trinajstić information content (AvgIpc) is 2.23. The molecular formula is C9H14O3P+. The first-order valence-electron chi connectivity index (χ1n) is 4.03. The molecule has 13 heavy (non-hydrogen) atoms. The Balaban J connectivity index is 3.01. The van der Waals surface area contributed by atoms with Gasteiger partial charge in [-0.1, -0.05) is 18.2 Å². The lowest BCUT2D eigenvalue weighted by molar-refractivity contribution is 0.315. The summed E-state index contributed by atoms with van der Waals surface area (Å²) in [6.45, 7) is 0. The second-order valence-electron chi connectivity index (χ2n) is 2.90. The molecule has 4 heteroatoms. The standard InChI is InChI=1S/C9H14O3P/c10-6-13(7-11,8-12)9-4-2-1-3-5-9/h1-5,10-12H,6-8H2/q+1. The Hall–Kier alpha value is -0.470. The molecule has 3 N–H and O–H groups in total. The van der Waals surface area contributed by atoms with Gasteiger partial charge in [0, 0.05) is 0 Å². The van der Waals surface area contributed by atoms with Crippen molar-refractivity contribution in [2.45, 2.75) is 0 Å². The van der Waals surface area contributed by atoms with Crippen molar-refractivity contribution in [2.75, 3.05) is 19.0 Å². The van der Waals surface area contributed by atoms with E-state index in [1.807, 2.05) is 30.3 Å². The van der Waals surface area contributed by atoms with Crippen molar-refractivity contribution < 1.29 is 15.3 Å². The van der Waals surface area contributed by atoms with Crippen LogP contribution in [-0.2, 0) is 0 Å². The Labute approximate surface area is 78.0 Å². The van der Waals surface area contributed by atoms with Gasteiger partial charge in [-0.2, -0.15) is 0 Å². The van der Waals surface area contributed by atoms with Crippen LogP contribution in [0, 0.1) is 0 Å². The fourth-order valence-electron chi connectivity index (χ4n) is 1.12. The lowest BCUT2D eigenvalue weighted by Crippen LogP contribution is -2.20. The fraction of sp³-hybridized carbons (Fsp3) is 0.333. The number of hydrogen-bond acceptors (Lipinski definition) is 3. The van der Waals surface area contributed by atoms with Crippen LogP contribution in [0.1, 0.15) is 0 Å². The molecule has 0 spiro atoms. The average molecular weight is 201 g/mol. The van der Waals surface area contributed by atoms with Crippen LogP contribution in [-0.4, -0.2) is 34.4 Å². The smallest absolute Gasteiger partial charge is 0.163 e. The van der Waals surface area contributed by atoms with Gasteiger partial charge in [-0.05, 0) is 12.1 Å². The van der Waals surface area contributed by atoms with Crippen LogP contribution in [0.25, 0.3) is 0 Å². The van der Waals surface area contributed by atoms with Gasteiger partial charge in [-0.3, -0.25) is 0 Å². The van der Waals surface area contributed by atoms with Crippen molar-refractivity contribution in [3.63, 3.8) is 0 Å². The predicted molar refractivity (Wildman–Crippen MR) is 54.3 cm³/mol. The third-order valence-electron chi connectivity index (χ3n) is 2.12. The molecule has 3 nitrogen and oxygen atoms in total. The second kappa shape index (κ2) is 4.68. The SMILES string of the molecule is OC[P+](CO)(CO)c1ccccc1. The van der Waals surface area contributed by atoms with E-state index >= 15 is 0 Å². The van der Waals surface area contributed by atoms with Gasteiger partial charge in [0.05, 0.1) is 0 Å². The van der Waals surface area contributed by atoms with E-state index in [1.54, 1.807) is 0 Å². The van der Waals surface area contributed by atoms with Crippen molar-refractivity contribution in [1.29, 1.82) is 0 Å².